The largest absolute Gasteiger partial charge is 0.390 e. The number of fused-ring (bicyclic) bond motifs is 1. The number of H-pyrrole nitrogens is 1. The van der Waals surface area contributed by atoms with Gasteiger partial charge in [0.2, 0.25) is 0 Å². The van der Waals surface area contributed by atoms with Crippen LogP contribution in [0.3, 0.4) is 0 Å². The standard InChI is InChI=1S/C9H7ClFNO/c10-8-1-5(11)2-9-7(8)3-6(4-13)12-9/h1-3,12-13H,4H2. The summed E-state index contributed by atoms with van der Waals surface area (Å²) in [4.78, 5) is 2.85. The monoisotopic (exact) mass is 199 g/mol. The summed E-state index contributed by atoms with van der Waals surface area (Å²) in [5.74, 6) is -0.385. The molecule has 2 aromatic rings. The van der Waals surface area contributed by atoms with Gasteiger partial charge in [0.1, 0.15) is 5.82 Å². The highest BCUT2D eigenvalue weighted by Gasteiger charge is 2.05. The van der Waals surface area contributed by atoms with E-state index < -0.39 is 0 Å². The summed E-state index contributed by atoms with van der Waals surface area (Å²) in [6.07, 6.45) is 0. The quantitative estimate of drug-likeness (QED) is 0.727. The maximum atomic E-state index is 12.8. The van der Waals surface area contributed by atoms with Crippen molar-refractivity contribution < 1.29 is 9.50 Å². The van der Waals surface area contributed by atoms with E-state index >= 15 is 0 Å². The van der Waals surface area contributed by atoms with Crippen LogP contribution in [0, 0.1) is 5.82 Å². The topological polar surface area (TPSA) is 36.0 Å². The number of hydrogen-bond donors (Lipinski definition) is 2. The number of nitrogens with one attached hydrogen (secondary N) is 1. The van der Waals surface area contributed by atoms with Gasteiger partial charge in [-0.05, 0) is 18.2 Å². The van der Waals surface area contributed by atoms with E-state index in [9.17, 15) is 4.39 Å². The van der Waals surface area contributed by atoms with Crippen LogP contribution in [0.5, 0.6) is 0 Å². The molecule has 2 N–H and O–H groups in total. The Kier molecular flexibility index (Phi) is 1.98. The van der Waals surface area contributed by atoms with Crippen molar-refractivity contribution >= 4 is 22.5 Å². The van der Waals surface area contributed by atoms with Crippen molar-refractivity contribution in [3.05, 3.63) is 34.7 Å². The zero-order chi connectivity index (χ0) is 9.42. The molecule has 1 heterocycles. The molecule has 0 fully saturated rings. The van der Waals surface area contributed by atoms with Crippen molar-refractivity contribution in [2.24, 2.45) is 0 Å². The lowest BCUT2D eigenvalue weighted by atomic mass is 10.2. The summed E-state index contributed by atoms with van der Waals surface area (Å²) < 4.78 is 12.8. The summed E-state index contributed by atoms with van der Waals surface area (Å²) in [5.41, 5.74) is 1.23. The molecule has 0 spiro atoms. The van der Waals surface area contributed by atoms with Crippen molar-refractivity contribution in [1.29, 1.82) is 0 Å². The number of aliphatic hydroxyl groups excluding tert-OH is 1. The van der Waals surface area contributed by atoms with E-state index in [-0.39, 0.29) is 12.4 Å². The van der Waals surface area contributed by atoms with E-state index in [0.717, 1.165) is 5.39 Å². The molecule has 2 nitrogen and oxygen atoms in total. The minimum atomic E-state index is -0.385. The first-order valence-electron chi connectivity index (χ1n) is 3.78. The predicted molar refractivity (Wildman–Crippen MR) is 49.2 cm³/mol. The fourth-order valence-electron chi connectivity index (χ4n) is 1.30. The van der Waals surface area contributed by atoms with Gasteiger partial charge < -0.3 is 10.1 Å². The Labute approximate surface area is 79.0 Å². The van der Waals surface area contributed by atoms with Crippen molar-refractivity contribution in [1.82, 2.24) is 4.98 Å². The third-order valence-corrected chi connectivity index (χ3v) is 2.19. The predicted octanol–water partition coefficient (Wildman–Crippen LogP) is 2.45. The van der Waals surface area contributed by atoms with Crippen molar-refractivity contribution in [3.63, 3.8) is 0 Å². The molecular formula is C9H7ClFNO. The van der Waals surface area contributed by atoms with Crippen LogP contribution in [0.25, 0.3) is 10.9 Å². The summed E-state index contributed by atoms with van der Waals surface area (Å²) in [6.45, 7) is -0.105. The van der Waals surface area contributed by atoms with Crippen LogP contribution in [-0.4, -0.2) is 10.1 Å². The number of aromatic nitrogens is 1. The van der Waals surface area contributed by atoms with Crippen LogP contribution in [0.15, 0.2) is 18.2 Å². The second kappa shape index (κ2) is 3.01. The molecule has 0 atom stereocenters. The van der Waals surface area contributed by atoms with Crippen molar-refractivity contribution in [2.75, 3.05) is 0 Å². The molecule has 0 aliphatic heterocycles. The highest BCUT2D eigenvalue weighted by Crippen LogP contribution is 2.25. The molecule has 68 valence electrons. The molecule has 0 amide bonds. The van der Waals surface area contributed by atoms with Crippen molar-refractivity contribution in [2.45, 2.75) is 6.61 Å². The van der Waals surface area contributed by atoms with E-state index in [0.29, 0.717) is 16.2 Å². The fraction of sp³-hybridized carbons (Fsp3) is 0.111. The second-order valence-corrected chi connectivity index (χ2v) is 3.21. The van der Waals surface area contributed by atoms with Gasteiger partial charge in [-0.15, -0.1) is 0 Å². The van der Waals surface area contributed by atoms with E-state index in [1.807, 2.05) is 0 Å². The summed E-state index contributed by atoms with van der Waals surface area (Å²) >= 11 is 5.79. The Morgan fingerprint density at radius 2 is 2.15 bits per heavy atom. The van der Waals surface area contributed by atoms with Crippen molar-refractivity contribution in [3.8, 4) is 0 Å². The zero-order valence-corrected chi connectivity index (χ0v) is 7.40. The third-order valence-electron chi connectivity index (χ3n) is 1.88. The van der Waals surface area contributed by atoms with Gasteiger partial charge in [0, 0.05) is 11.1 Å². The van der Waals surface area contributed by atoms with Crippen LogP contribution in [0.1, 0.15) is 5.69 Å². The number of aliphatic hydroxyl groups is 1. The van der Waals surface area contributed by atoms with Gasteiger partial charge in [0.05, 0.1) is 17.1 Å². The molecular weight excluding hydrogens is 193 g/mol. The lowest BCUT2D eigenvalue weighted by Gasteiger charge is -1.93. The van der Waals surface area contributed by atoms with E-state index in [1.54, 1.807) is 6.07 Å². The fourth-order valence-corrected chi connectivity index (χ4v) is 1.56. The van der Waals surface area contributed by atoms with Gasteiger partial charge in [-0.2, -0.15) is 0 Å². The SMILES string of the molecule is OCc1cc2c(Cl)cc(F)cc2[nH]1. The summed E-state index contributed by atoms with van der Waals surface area (Å²) in [7, 11) is 0. The Hall–Kier alpha value is -1.06. The van der Waals surface area contributed by atoms with Gasteiger partial charge in [-0.1, -0.05) is 11.6 Å². The Morgan fingerprint density at radius 3 is 2.85 bits per heavy atom. The second-order valence-electron chi connectivity index (χ2n) is 2.80. The Morgan fingerprint density at radius 1 is 1.38 bits per heavy atom. The minimum Gasteiger partial charge on any atom is -0.390 e. The van der Waals surface area contributed by atoms with Crippen LogP contribution < -0.4 is 0 Å². The third kappa shape index (κ3) is 1.41. The average molecular weight is 200 g/mol. The van der Waals surface area contributed by atoms with Crippen LogP contribution in [0.4, 0.5) is 4.39 Å². The molecule has 0 bridgehead atoms. The van der Waals surface area contributed by atoms with E-state index in [2.05, 4.69) is 4.98 Å². The van der Waals surface area contributed by atoms with Gasteiger partial charge in [-0.3, -0.25) is 0 Å². The van der Waals surface area contributed by atoms with Gasteiger partial charge in [0.15, 0.2) is 0 Å². The highest BCUT2D eigenvalue weighted by atomic mass is 35.5. The first-order chi connectivity index (χ1) is 6.20. The van der Waals surface area contributed by atoms with Crippen LogP contribution in [-0.2, 0) is 6.61 Å². The highest BCUT2D eigenvalue weighted by molar-refractivity contribution is 6.35. The summed E-state index contributed by atoms with van der Waals surface area (Å²) in [6, 6.07) is 4.30. The molecule has 0 saturated carbocycles. The molecule has 0 unspecified atom stereocenters. The molecule has 4 heteroatoms. The molecule has 0 aliphatic carbocycles. The van der Waals surface area contributed by atoms with Gasteiger partial charge in [0.25, 0.3) is 0 Å². The smallest absolute Gasteiger partial charge is 0.126 e. The molecule has 0 aliphatic rings. The average Bonchev–Trinajstić information content (AvgIpc) is 2.47. The maximum absolute atomic E-state index is 12.8. The molecule has 2 rings (SSSR count). The van der Waals surface area contributed by atoms with Crippen LogP contribution in [0.2, 0.25) is 5.02 Å². The molecule has 1 aromatic carbocycles. The lowest BCUT2D eigenvalue weighted by Crippen LogP contribution is -1.79. The maximum Gasteiger partial charge on any atom is 0.126 e. The minimum absolute atomic E-state index is 0.105. The Bertz CT molecular complexity index is 452. The number of halogens is 2. The normalized spacial score (nSPS) is 11.0. The number of benzene rings is 1. The number of hydrogen-bond acceptors (Lipinski definition) is 1. The first-order valence-corrected chi connectivity index (χ1v) is 4.16. The van der Waals surface area contributed by atoms with E-state index in [4.69, 9.17) is 16.7 Å². The lowest BCUT2D eigenvalue weighted by molar-refractivity contribution is 0.278. The van der Waals surface area contributed by atoms with Gasteiger partial charge in [-0.25, -0.2) is 4.39 Å². The first kappa shape index (κ1) is 8.53. The molecule has 0 radical (unpaired) electrons. The van der Waals surface area contributed by atoms with E-state index in [1.165, 1.54) is 12.1 Å². The zero-order valence-electron chi connectivity index (χ0n) is 6.64. The van der Waals surface area contributed by atoms with Gasteiger partial charge >= 0.3 is 0 Å². The summed E-state index contributed by atoms with van der Waals surface area (Å²) in [5, 5.41) is 9.91. The number of rotatable bonds is 1. The molecule has 0 saturated heterocycles. The van der Waals surface area contributed by atoms with Crippen LogP contribution >= 0.6 is 11.6 Å². The molecule has 13 heavy (non-hydrogen) atoms. The Balaban J connectivity index is 2.75. The number of aromatic amines is 1. The molecule has 1 aromatic heterocycles.